The topological polar surface area (TPSA) is 54.5 Å². The molecular weight excluding hydrogens is 322 g/mol. The largest absolute Gasteiger partial charge is 0.342 e. The number of rotatable bonds is 4. The van der Waals surface area contributed by atoms with E-state index < -0.39 is 9.84 Å². The number of carbonyl (C=O) groups is 1. The third kappa shape index (κ3) is 4.07. The van der Waals surface area contributed by atoms with Crippen molar-refractivity contribution in [1.82, 2.24) is 4.90 Å². The van der Waals surface area contributed by atoms with Gasteiger partial charge in [0.15, 0.2) is 9.84 Å². The van der Waals surface area contributed by atoms with Crippen molar-refractivity contribution in [1.29, 1.82) is 0 Å². The Bertz CT molecular complexity index is 689. The van der Waals surface area contributed by atoms with E-state index in [9.17, 15) is 13.2 Å². The molecule has 1 unspecified atom stereocenters. The average Bonchev–Trinajstić information content (AvgIpc) is 2.62. The second kappa shape index (κ2) is 7.51. The van der Waals surface area contributed by atoms with Crippen LogP contribution in [-0.2, 0) is 20.4 Å². The van der Waals surface area contributed by atoms with Crippen LogP contribution in [0.1, 0.15) is 37.7 Å². The molecule has 1 aliphatic carbocycles. The summed E-state index contributed by atoms with van der Waals surface area (Å²) >= 11 is 0. The molecule has 0 saturated carbocycles. The van der Waals surface area contributed by atoms with Crippen LogP contribution in [-0.4, -0.2) is 37.6 Å². The van der Waals surface area contributed by atoms with Crippen molar-refractivity contribution in [3.8, 4) is 0 Å². The van der Waals surface area contributed by atoms with Crippen LogP contribution in [0.25, 0.3) is 0 Å². The van der Waals surface area contributed by atoms with E-state index in [1.165, 1.54) is 0 Å². The lowest BCUT2D eigenvalue weighted by atomic mass is 9.92. The van der Waals surface area contributed by atoms with Gasteiger partial charge in [0.2, 0.25) is 5.91 Å². The van der Waals surface area contributed by atoms with E-state index in [0.29, 0.717) is 25.9 Å². The molecule has 5 heteroatoms. The minimum atomic E-state index is -3.16. The van der Waals surface area contributed by atoms with Gasteiger partial charge in [0.05, 0.1) is 11.0 Å². The normalized spacial score (nSPS) is 22.5. The first-order valence-corrected chi connectivity index (χ1v) is 10.5. The van der Waals surface area contributed by atoms with Gasteiger partial charge in [0, 0.05) is 19.0 Å². The average molecular weight is 347 g/mol. The maximum Gasteiger partial charge on any atom is 0.226 e. The van der Waals surface area contributed by atoms with E-state index in [2.05, 4.69) is 12.2 Å². The molecule has 0 spiro atoms. The molecule has 3 rings (SSSR count). The van der Waals surface area contributed by atoms with Crippen molar-refractivity contribution in [2.24, 2.45) is 5.92 Å². The van der Waals surface area contributed by atoms with Gasteiger partial charge in [-0.3, -0.25) is 4.79 Å². The highest BCUT2D eigenvalue weighted by atomic mass is 32.2. The zero-order valence-electron chi connectivity index (χ0n) is 13.9. The Morgan fingerprint density at radius 1 is 1.04 bits per heavy atom. The molecule has 1 fully saturated rings. The molecule has 1 heterocycles. The van der Waals surface area contributed by atoms with Gasteiger partial charge in [-0.2, -0.15) is 0 Å². The quantitative estimate of drug-likeness (QED) is 0.787. The van der Waals surface area contributed by atoms with E-state index in [1.54, 1.807) is 0 Å². The Morgan fingerprint density at radius 2 is 1.75 bits per heavy atom. The summed E-state index contributed by atoms with van der Waals surface area (Å²) in [7, 11) is -3.16. The Labute approximate surface area is 144 Å². The summed E-state index contributed by atoms with van der Waals surface area (Å²) in [6.45, 7) is 1.13. The van der Waals surface area contributed by atoms with Crippen molar-refractivity contribution < 1.29 is 13.2 Å². The van der Waals surface area contributed by atoms with Gasteiger partial charge >= 0.3 is 0 Å². The molecule has 0 radical (unpaired) electrons. The van der Waals surface area contributed by atoms with E-state index >= 15 is 0 Å². The molecule has 1 atom stereocenters. The molecule has 0 aromatic heterocycles. The van der Waals surface area contributed by atoms with Crippen LogP contribution in [0.5, 0.6) is 0 Å². The van der Waals surface area contributed by atoms with Crippen LogP contribution in [0.4, 0.5) is 0 Å². The number of piperidine rings is 1. The molecule has 1 aliphatic heterocycles. The van der Waals surface area contributed by atoms with E-state index in [0.717, 1.165) is 24.8 Å². The molecular formula is C19H25NO3S. The number of carbonyl (C=O) groups excluding carboxylic acids is 1. The van der Waals surface area contributed by atoms with Crippen molar-refractivity contribution in [3.05, 3.63) is 48.0 Å². The highest BCUT2D eigenvalue weighted by Gasteiger charge is 2.33. The van der Waals surface area contributed by atoms with E-state index in [4.69, 9.17) is 0 Å². The van der Waals surface area contributed by atoms with E-state index in [1.807, 2.05) is 35.2 Å². The summed E-state index contributed by atoms with van der Waals surface area (Å²) in [5, 5.41) is -0.326. The fourth-order valence-corrected chi connectivity index (χ4v) is 5.46. The van der Waals surface area contributed by atoms with Gasteiger partial charge < -0.3 is 4.90 Å². The molecule has 4 nitrogen and oxygen atoms in total. The summed E-state index contributed by atoms with van der Waals surface area (Å²) in [6.07, 6.45) is 8.05. The van der Waals surface area contributed by atoms with Crippen LogP contribution < -0.4 is 0 Å². The number of amides is 1. The van der Waals surface area contributed by atoms with Gasteiger partial charge in [0.25, 0.3) is 0 Å². The smallest absolute Gasteiger partial charge is 0.226 e. The standard InChI is InChI=1S/C19H25NO3S/c21-19(17-9-5-2-6-10-17)20-13-11-18(12-14-20)24(22,23)15-16-7-3-1-4-8-16/h1-5,7-8,17-18H,6,9-15H2. The highest BCUT2D eigenvalue weighted by molar-refractivity contribution is 7.91. The number of benzene rings is 1. The molecule has 1 saturated heterocycles. The number of sulfone groups is 1. The van der Waals surface area contributed by atoms with Crippen LogP contribution in [0, 0.1) is 5.92 Å². The Balaban J connectivity index is 1.56. The number of allylic oxidation sites excluding steroid dienone is 2. The molecule has 0 N–H and O–H groups in total. The van der Waals surface area contributed by atoms with Gasteiger partial charge in [0.1, 0.15) is 0 Å². The molecule has 24 heavy (non-hydrogen) atoms. The first kappa shape index (κ1) is 17.2. The maximum absolute atomic E-state index is 12.6. The number of likely N-dealkylation sites (tertiary alicyclic amines) is 1. The van der Waals surface area contributed by atoms with Crippen LogP contribution in [0.3, 0.4) is 0 Å². The summed E-state index contributed by atoms with van der Waals surface area (Å²) in [5.74, 6) is 0.394. The van der Waals surface area contributed by atoms with Gasteiger partial charge in [-0.15, -0.1) is 0 Å². The predicted molar refractivity (Wildman–Crippen MR) is 95.1 cm³/mol. The first-order valence-electron chi connectivity index (χ1n) is 8.75. The lowest BCUT2D eigenvalue weighted by Crippen LogP contribution is -2.45. The molecule has 130 valence electrons. The molecule has 2 aliphatic rings. The summed E-state index contributed by atoms with van der Waals surface area (Å²) < 4.78 is 25.2. The minimum absolute atomic E-state index is 0.0903. The lowest BCUT2D eigenvalue weighted by molar-refractivity contribution is -0.136. The Kier molecular flexibility index (Phi) is 5.39. The first-order chi connectivity index (χ1) is 11.6. The lowest BCUT2D eigenvalue weighted by Gasteiger charge is -2.34. The van der Waals surface area contributed by atoms with Gasteiger partial charge in [-0.1, -0.05) is 42.5 Å². The van der Waals surface area contributed by atoms with Crippen molar-refractivity contribution in [3.63, 3.8) is 0 Å². The van der Waals surface area contributed by atoms with Crippen LogP contribution in [0.2, 0.25) is 0 Å². The Morgan fingerprint density at radius 3 is 2.38 bits per heavy atom. The number of hydrogen-bond acceptors (Lipinski definition) is 3. The molecule has 0 bridgehead atoms. The summed E-state index contributed by atoms with van der Waals surface area (Å²) in [6, 6.07) is 9.33. The molecule has 1 aromatic rings. The SMILES string of the molecule is O=C(C1CC=CCC1)N1CCC(S(=O)(=O)Cc2ccccc2)CC1. The summed E-state index contributed by atoms with van der Waals surface area (Å²) in [5.41, 5.74) is 0.838. The second-order valence-electron chi connectivity index (χ2n) is 6.80. The molecule has 1 amide bonds. The molecule has 1 aromatic carbocycles. The van der Waals surface area contributed by atoms with Gasteiger partial charge in [-0.25, -0.2) is 8.42 Å². The number of hydrogen-bond donors (Lipinski definition) is 0. The predicted octanol–water partition coefficient (Wildman–Crippen LogP) is 2.95. The van der Waals surface area contributed by atoms with Crippen molar-refractivity contribution >= 4 is 15.7 Å². The fraction of sp³-hybridized carbons (Fsp3) is 0.526. The third-order valence-corrected chi connectivity index (χ3v) is 7.31. The van der Waals surface area contributed by atoms with Crippen molar-refractivity contribution in [2.45, 2.75) is 43.1 Å². The van der Waals surface area contributed by atoms with Gasteiger partial charge in [-0.05, 0) is 37.7 Å². The highest BCUT2D eigenvalue weighted by Crippen LogP contribution is 2.25. The third-order valence-electron chi connectivity index (χ3n) is 5.09. The van der Waals surface area contributed by atoms with Crippen LogP contribution in [0.15, 0.2) is 42.5 Å². The van der Waals surface area contributed by atoms with Crippen molar-refractivity contribution in [2.75, 3.05) is 13.1 Å². The summed E-state index contributed by atoms with van der Waals surface area (Å²) in [4.78, 5) is 14.4. The maximum atomic E-state index is 12.6. The second-order valence-corrected chi connectivity index (χ2v) is 9.08. The monoisotopic (exact) mass is 347 g/mol. The zero-order chi connectivity index (χ0) is 17.0. The minimum Gasteiger partial charge on any atom is -0.342 e. The van der Waals surface area contributed by atoms with Crippen LogP contribution >= 0.6 is 0 Å². The zero-order valence-corrected chi connectivity index (χ0v) is 14.7. The number of nitrogens with zero attached hydrogens (tertiary/aromatic N) is 1. The van der Waals surface area contributed by atoms with E-state index in [-0.39, 0.29) is 22.8 Å². The fourth-order valence-electron chi connectivity index (χ4n) is 3.64. The Hall–Kier alpha value is -1.62.